The molecule has 1 saturated heterocycles. The van der Waals surface area contributed by atoms with Crippen LogP contribution in [0.3, 0.4) is 0 Å². The van der Waals surface area contributed by atoms with Crippen LogP contribution >= 0.6 is 12.2 Å². The maximum absolute atomic E-state index is 5.32. The van der Waals surface area contributed by atoms with Crippen LogP contribution in [0.25, 0.3) is 0 Å². The van der Waals surface area contributed by atoms with Gasteiger partial charge in [-0.3, -0.25) is 0 Å². The standard InChI is InChI=1S/C16H26N4OS/c1-19-10-12-20(13-11-19)9-3-8-17-16(22)18-14-4-6-15(21-2)7-5-14/h4-7H,3,8-13H2,1-2H3,(H2,17,18,22)/p+2. The topological polar surface area (TPSA) is 42.2 Å². The van der Waals surface area contributed by atoms with Crippen molar-refractivity contribution < 1.29 is 14.5 Å². The summed E-state index contributed by atoms with van der Waals surface area (Å²) < 4.78 is 5.14. The van der Waals surface area contributed by atoms with Gasteiger partial charge in [0, 0.05) is 18.7 Å². The molecule has 0 bridgehead atoms. The van der Waals surface area contributed by atoms with Gasteiger partial charge >= 0.3 is 0 Å². The minimum atomic E-state index is 0.683. The average Bonchev–Trinajstić information content (AvgIpc) is 2.54. The highest BCUT2D eigenvalue weighted by Crippen LogP contribution is 2.14. The van der Waals surface area contributed by atoms with Gasteiger partial charge < -0.3 is 25.2 Å². The first-order valence-electron chi connectivity index (χ1n) is 8.01. The lowest BCUT2D eigenvalue weighted by Crippen LogP contribution is -3.27. The molecule has 1 aromatic carbocycles. The van der Waals surface area contributed by atoms with Crippen molar-refractivity contribution in [3.8, 4) is 5.75 Å². The summed E-state index contributed by atoms with van der Waals surface area (Å²) >= 11 is 5.32. The van der Waals surface area contributed by atoms with E-state index in [0.717, 1.165) is 24.4 Å². The van der Waals surface area contributed by atoms with E-state index in [0.29, 0.717) is 5.11 Å². The molecule has 1 aliphatic rings. The zero-order chi connectivity index (χ0) is 15.8. The number of hydrogen-bond acceptors (Lipinski definition) is 2. The van der Waals surface area contributed by atoms with E-state index < -0.39 is 0 Å². The van der Waals surface area contributed by atoms with Crippen molar-refractivity contribution in [2.45, 2.75) is 6.42 Å². The lowest BCUT2D eigenvalue weighted by molar-refractivity contribution is -1.00. The number of methoxy groups -OCH3 is 1. The highest BCUT2D eigenvalue weighted by atomic mass is 32.1. The van der Waals surface area contributed by atoms with E-state index in [1.54, 1.807) is 16.9 Å². The normalized spacial score (nSPS) is 21.2. The fourth-order valence-corrected chi connectivity index (χ4v) is 2.89. The van der Waals surface area contributed by atoms with Crippen LogP contribution in [0.1, 0.15) is 6.42 Å². The molecule has 1 heterocycles. The average molecular weight is 324 g/mol. The van der Waals surface area contributed by atoms with Crippen LogP contribution in [-0.4, -0.2) is 58.5 Å². The van der Waals surface area contributed by atoms with E-state index >= 15 is 0 Å². The first kappa shape index (κ1) is 17.0. The van der Waals surface area contributed by atoms with Crippen molar-refractivity contribution >= 4 is 23.0 Å². The van der Waals surface area contributed by atoms with Gasteiger partial charge in [0.2, 0.25) is 0 Å². The minimum absolute atomic E-state index is 0.683. The summed E-state index contributed by atoms with van der Waals surface area (Å²) in [6, 6.07) is 7.76. The monoisotopic (exact) mass is 324 g/mol. The zero-order valence-corrected chi connectivity index (χ0v) is 14.4. The molecule has 0 radical (unpaired) electrons. The molecule has 122 valence electrons. The molecule has 1 aromatic rings. The van der Waals surface area contributed by atoms with Gasteiger partial charge in [-0.1, -0.05) is 0 Å². The van der Waals surface area contributed by atoms with Gasteiger partial charge in [0.1, 0.15) is 31.9 Å². The van der Waals surface area contributed by atoms with E-state index in [2.05, 4.69) is 17.7 Å². The van der Waals surface area contributed by atoms with E-state index in [-0.39, 0.29) is 0 Å². The van der Waals surface area contributed by atoms with Crippen LogP contribution in [0.2, 0.25) is 0 Å². The number of anilines is 1. The van der Waals surface area contributed by atoms with Crippen LogP contribution in [0.15, 0.2) is 24.3 Å². The van der Waals surface area contributed by atoms with Crippen LogP contribution in [0.5, 0.6) is 5.75 Å². The Morgan fingerprint density at radius 1 is 1.18 bits per heavy atom. The van der Waals surface area contributed by atoms with Gasteiger partial charge in [-0.2, -0.15) is 0 Å². The molecule has 0 saturated carbocycles. The number of rotatable bonds is 6. The van der Waals surface area contributed by atoms with E-state index in [1.807, 2.05) is 24.3 Å². The fourth-order valence-electron chi connectivity index (χ4n) is 2.67. The maximum Gasteiger partial charge on any atom is 0.170 e. The Hall–Kier alpha value is -1.37. The van der Waals surface area contributed by atoms with Crippen molar-refractivity contribution in [2.24, 2.45) is 0 Å². The van der Waals surface area contributed by atoms with Crippen LogP contribution in [0, 0.1) is 0 Å². The first-order valence-corrected chi connectivity index (χ1v) is 8.42. The van der Waals surface area contributed by atoms with Crippen molar-refractivity contribution in [1.82, 2.24) is 5.32 Å². The van der Waals surface area contributed by atoms with E-state index in [9.17, 15) is 0 Å². The molecule has 0 atom stereocenters. The summed E-state index contributed by atoms with van der Waals surface area (Å²) in [5.41, 5.74) is 0.978. The van der Waals surface area contributed by atoms with Gasteiger partial charge in [-0.25, -0.2) is 0 Å². The molecule has 1 aliphatic heterocycles. The number of thiocarbonyl (C=S) groups is 1. The molecular weight excluding hydrogens is 296 g/mol. The Morgan fingerprint density at radius 2 is 1.86 bits per heavy atom. The summed E-state index contributed by atoms with van der Waals surface area (Å²) in [5, 5.41) is 7.15. The van der Waals surface area contributed by atoms with Gasteiger partial charge in [-0.15, -0.1) is 0 Å². The Bertz CT molecular complexity index is 458. The third-order valence-corrected chi connectivity index (χ3v) is 4.40. The van der Waals surface area contributed by atoms with E-state index in [4.69, 9.17) is 17.0 Å². The van der Waals surface area contributed by atoms with Crippen LogP contribution in [-0.2, 0) is 0 Å². The highest BCUT2D eigenvalue weighted by molar-refractivity contribution is 7.80. The number of piperazine rings is 1. The Kier molecular flexibility index (Phi) is 6.89. The van der Waals surface area contributed by atoms with Crippen LogP contribution in [0.4, 0.5) is 5.69 Å². The molecule has 0 amide bonds. The molecule has 4 N–H and O–H groups in total. The number of nitrogens with one attached hydrogen (secondary N) is 4. The molecule has 0 aromatic heterocycles. The summed E-state index contributed by atoms with van der Waals surface area (Å²) in [6.07, 6.45) is 1.15. The molecule has 1 fully saturated rings. The second-order valence-electron chi connectivity index (χ2n) is 5.92. The molecule has 22 heavy (non-hydrogen) atoms. The summed E-state index contributed by atoms with van der Waals surface area (Å²) in [4.78, 5) is 3.38. The van der Waals surface area contributed by atoms with Crippen molar-refractivity contribution in [3.63, 3.8) is 0 Å². The number of hydrogen-bond donors (Lipinski definition) is 4. The SMILES string of the molecule is COc1ccc(NC(=S)NCCC[NH+]2CC[NH+](C)CC2)cc1. The maximum atomic E-state index is 5.32. The second-order valence-corrected chi connectivity index (χ2v) is 6.33. The highest BCUT2D eigenvalue weighted by Gasteiger charge is 2.18. The molecule has 6 heteroatoms. The number of ether oxygens (including phenoxy) is 1. The number of benzene rings is 1. The lowest BCUT2D eigenvalue weighted by atomic mass is 10.3. The smallest absolute Gasteiger partial charge is 0.170 e. The molecule has 5 nitrogen and oxygen atoms in total. The van der Waals surface area contributed by atoms with Gasteiger partial charge in [0.25, 0.3) is 0 Å². The van der Waals surface area contributed by atoms with E-state index in [1.165, 1.54) is 32.7 Å². The minimum Gasteiger partial charge on any atom is -0.497 e. The number of quaternary nitrogens is 2. The first-order chi connectivity index (χ1) is 10.7. The Morgan fingerprint density at radius 3 is 2.50 bits per heavy atom. The van der Waals surface area contributed by atoms with Gasteiger partial charge in [-0.05, 0) is 36.5 Å². The fraction of sp³-hybridized carbons (Fsp3) is 0.562. The summed E-state index contributed by atoms with van der Waals surface area (Å²) in [7, 11) is 3.94. The molecular formula is C16H28N4OS+2. The van der Waals surface area contributed by atoms with Crippen LogP contribution < -0.4 is 25.2 Å². The lowest BCUT2D eigenvalue weighted by Gasteiger charge is -2.27. The number of likely N-dealkylation sites (N-methyl/N-ethyl adjacent to an activating group) is 1. The quantitative estimate of drug-likeness (QED) is 0.391. The Balaban J connectivity index is 1.59. The largest absolute Gasteiger partial charge is 0.497 e. The van der Waals surface area contributed by atoms with Gasteiger partial charge in [0.15, 0.2) is 5.11 Å². The molecule has 0 aliphatic carbocycles. The Labute approximate surface area is 138 Å². The third-order valence-electron chi connectivity index (χ3n) is 4.15. The summed E-state index contributed by atoms with van der Waals surface area (Å²) in [5.74, 6) is 0.849. The predicted molar refractivity (Wildman–Crippen MR) is 94.0 cm³/mol. The molecule has 0 unspecified atom stereocenters. The van der Waals surface area contributed by atoms with Gasteiger partial charge in [0.05, 0.1) is 20.7 Å². The van der Waals surface area contributed by atoms with Crippen molar-refractivity contribution in [2.75, 3.05) is 58.7 Å². The van der Waals surface area contributed by atoms with Crippen molar-refractivity contribution in [3.05, 3.63) is 24.3 Å². The third kappa shape index (κ3) is 5.79. The zero-order valence-electron chi connectivity index (χ0n) is 13.6. The summed E-state index contributed by atoms with van der Waals surface area (Å²) in [6.45, 7) is 7.32. The molecule has 2 rings (SSSR count). The van der Waals surface area contributed by atoms with Crippen molar-refractivity contribution in [1.29, 1.82) is 0 Å². The molecule has 0 spiro atoms. The second kappa shape index (κ2) is 8.92. The predicted octanol–water partition coefficient (Wildman–Crippen LogP) is -1.22.